The molecule has 2 aromatic rings. The van der Waals surface area contributed by atoms with Crippen molar-refractivity contribution in [3.63, 3.8) is 0 Å². The van der Waals surface area contributed by atoms with E-state index in [4.69, 9.17) is 9.47 Å². The second-order valence-electron chi connectivity index (χ2n) is 6.52. The van der Waals surface area contributed by atoms with E-state index < -0.39 is 6.10 Å². The summed E-state index contributed by atoms with van der Waals surface area (Å²) in [4.78, 5) is 12.4. The third-order valence-electron chi connectivity index (χ3n) is 4.51. The van der Waals surface area contributed by atoms with Crippen LogP contribution in [-0.4, -0.2) is 19.1 Å². The highest BCUT2D eigenvalue weighted by molar-refractivity contribution is 5.94. The number of carbonyl (C=O) groups excluding carboxylic acids is 1. The van der Waals surface area contributed by atoms with Gasteiger partial charge in [-0.15, -0.1) is 0 Å². The van der Waals surface area contributed by atoms with E-state index in [0.717, 1.165) is 29.8 Å². The Morgan fingerprint density at radius 2 is 1.92 bits per heavy atom. The smallest absolute Gasteiger partial charge is 0.265 e. The maximum atomic E-state index is 12.4. The zero-order valence-electron chi connectivity index (χ0n) is 14.9. The van der Waals surface area contributed by atoms with E-state index in [1.165, 1.54) is 24.0 Å². The monoisotopic (exact) mass is 339 g/mol. The predicted molar refractivity (Wildman–Crippen MR) is 99.0 cm³/mol. The summed E-state index contributed by atoms with van der Waals surface area (Å²) in [5.41, 5.74) is 4.53. The lowest BCUT2D eigenvalue weighted by molar-refractivity contribution is -0.122. The van der Waals surface area contributed by atoms with E-state index in [-0.39, 0.29) is 5.91 Å². The minimum Gasteiger partial charge on any atom is -0.481 e. The normalized spacial score (nSPS) is 14.5. The van der Waals surface area contributed by atoms with Gasteiger partial charge in [-0.2, -0.15) is 0 Å². The number of amides is 1. The summed E-state index contributed by atoms with van der Waals surface area (Å²) in [6.07, 6.45) is 4.16. The number of fused-ring (bicyclic) bond motifs is 1. The minimum absolute atomic E-state index is 0.160. The van der Waals surface area contributed by atoms with Crippen LogP contribution >= 0.6 is 0 Å². The van der Waals surface area contributed by atoms with Crippen molar-refractivity contribution >= 4 is 11.6 Å². The number of anilines is 1. The lowest BCUT2D eigenvalue weighted by Crippen LogP contribution is -2.30. The molecule has 1 unspecified atom stereocenters. The van der Waals surface area contributed by atoms with Crippen molar-refractivity contribution in [3.05, 3.63) is 59.2 Å². The Bertz CT molecular complexity index is 742. The first-order chi connectivity index (χ1) is 12.2. The molecule has 0 fully saturated rings. The average molecular weight is 339 g/mol. The molecule has 4 nitrogen and oxygen atoms in total. The molecule has 0 saturated heterocycles. The molecule has 0 aromatic heterocycles. The van der Waals surface area contributed by atoms with E-state index in [1.54, 1.807) is 14.0 Å². The van der Waals surface area contributed by atoms with Gasteiger partial charge in [-0.1, -0.05) is 18.2 Å². The van der Waals surface area contributed by atoms with Gasteiger partial charge in [-0.3, -0.25) is 4.79 Å². The van der Waals surface area contributed by atoms with Crippen molar-refractivity contribution < 1.29 is 14.3 Å². The zero-order chi connectivity index (χ0) is 17.6. The molecule has 3 rings (SSSR count). The van der Waals surface area contributed by atoms with Crippen molar-refractivity contribution in [2.75, 3.05) is 12.4 Å². The Kier molecular flexibility index (Phi) is 5.71. The number of hydrogen-bond acceptors (Lipinski definition) is 3. The molecule has 0 heterocycles. The topological polar surface area (TPSA) is 47.6 Å². The van der Waals surface area contributed by atoms with Crippen LogP contribution < -0.4 is 10.1 Å². The second-order valence-corrected chi connectivity index (χ2v) is 6.52. The molecule has 0 radical (unpaired) electrons. The van der Waals surface area contributed by atoms with Crippen molar-refractivity contribution in [2.24, 2.45) is 0 Å². The van der Waals surface area contributed by atoms with Crippen LogP contribution in [0.5, 0.6) is 5.75 Å². The van der Waals surface area contributed by atoms with Crippen molar-refractivity contribution in [2.45, 2.75) is 45.3 Å². The van der Waals surface area contributed by atoms with Gasteiger partial charge < -0.3 is 14.8 Å². The Morgan fingerprint density at radius 3 is 2.72 bits per heavy atom. The molecule has 0 bridgehead atoms. The first-order valence-electron chi connectivity index (χ1n) is 8.83. The minimum atomic E-state index is -0.562. The number of benzene rings is 2. The van der Waals surface area contributed by atoms with Gasteiger partial charge in [0.15, 0.2) is 6.10 Å². The molecular formula is C21H25NO3. The Balaban J connectivity index is 1.62. The van der Waals surface area contributed by atoms with Gasteiger partial charge in [0.25, 0.3) is 5.91 Å². The van der Waals surface area contributed by atoms with Crippen molar-refractivity contribution in [1.82, 2.24) is 0 Å². The Labute approximate surface area is 149 Å². The molecule has 0 aliphatic heterocycles. The fourth-order valence-corrected chi connectivity index (χ4v) is 3.19. The summed E-state index contributed by atoms with van der Waals surface area (Å²) in [6.45, 7) is 2.29. The maximum absolute atomic E-state index is 12.4. The predicted octanol–water partition coefficient (Wildman–Crippen LogP) is 4.12. The molecule has 1 amide bonds. The summed E-state index contributed by atoms with van der Waals surface area (Å²) < 4.78 is 11.0. The van der Waals surface area contributed by atoms with E-state index in [1.807, 2.05) is 30.3 Å². The van der Waals surface area contributed by atoms with Gasteiger partial charge >= 0.3 is 0 Å². The number of methoxy groups -OCH3 is 1. The lowest BCUT2D eigenvalue weighted by Gasteiger charge is -2.19. The number of hydrogen-bond donors (Lipinski definition) is 1. The third kappa shape index (κ3) is 4.60. The van der Waals surface area contributed by atoms with Crippen LogP contribution in [0.25, 0.3) is 0 Å². The third-order valence-corrected chi connectivity index (χ3v) is 4.51. The van der Waals surface area contributed by atoms with Crippen molar-refractivity contribution in [3.8, 4) is 5.75 Å². The van der Waals surface area contributed by atoms with Gasteiger partial charge in [0.2, 0.25) is 0 Å². The van der Waals surface area contributed by atoms with Crippen LogP contribution in [0.2, 0.25) is 0 Å². The molecular weight excluding hydrogens is 314 g/mol. The van der Waals surface area contributed by atoms with E-state index in [0.29, 0.717) is 6.61 Å². The van der Waals surface area contributed by atoms with Gasteiger partial charge in [0.1, 0.15) is 5.75 Å². The fraction of sp³-hybridized carbons (Fsp3) is 0.381. The number of nitrogens with one attached hydrogen (secondary N) is 1. The van der Waals surface area contributed by atoms with Gasteiger partial charge in [-0.25, -0.2) is 0 Å². The van der Waals surface area contributed by atoms with E-state index >= 15 is 0 Å². The van der Waals surface area contributed by atoms with Gasteiger partial charge in [0.05, 0.1) is 6.61 Å². The quantitative estimate of drug-likeness (QED) is 0.861. The number of carbonyl (C=O) groups is 1. The molecule has 1 aliphatic rings. The molecule has 1 aliphatic carbocycles. The van der Waals surface area contributed by atoms with Crippen molar-refractivity contribution in [1.29, 1.82) is 0 Å². The highest BCUT2D eigenvalue weighted by atomic mass is 16.5. The van der Waals surface area contributed by atoms with Crippen LogP contribution in [0, 0.1) is 0 Å². The molecule has 4 heteroatoms. The van der Waals surface area contributed by atoms with Gasteiger partial charge in [-0.05, 0) is 73.6 Å². The summed E-state index contributed by atoms with van der Waals surface area (Å²) >= 11 is 0. The average Bonchev–Trinajstić information content (AvgIpc) is 2.62. The highest BCUT2D eigenvalue weighted by Crippen LogP contribution is 2.26. The molecule has 2 aromatic carbocycles. The maximum Gasteiger partial charge on any atom is 0.265 e. The summed E-state index contributed by atoms with van der Waals surface area (Å²) in [7, 11) is 1.65. The Hall–Kier alpha value is -2.33. The van der Waals surface area contributed by atoms with Gasteiger partial charge in [0, 0.05) is 12.8 Å². The number of aryl methyl sites for hydroxylation is 2. The Morgan fingerprint density at radius 1 is 1.12 bits per heavy atom. The fourth-order valence-electron chi connectivity index (χ4n) is 3.19. The zero-order valence-corrected chi connectivity index (χ0v) is 14.9. The molecule has 132 valence electrons. The van der Waals surface area contributed by atoms with Crippen LogP contribution in [0.3, 0.4) is 0 Å². The second kappa shape index (κ2) is 8.17. The van der Waals surface area contributed by atoms with E-state index in [2.05, 4.69) is 17.4 Å². The first-order valence-corrected chi connectivity index (χ1v) is 8.83. The highest BCUT2D eigenvalue weighted by Gasteiger charge is 2.16. The molecule has 0 saturated carbocycles. The number of rotatable bonds is 6. The summed E-state index contributed by atoms with van der Waals surface area (Å²) in [6, 6.07) is 13.8. The summed E-state index contributed by atoms with van der Waals surface area (Å²) in [5, 5.41) is 2.90. The van der Waals surface area contributed by atoms with E-state index in [9.17, 15) is 4.79 Å². The number of ether oxygens (including phenoxy) is 2. The van der Waals surface area contributed by atoms with Crippen LogP contribution in [0.15, 0.2) is 42.5 Å². The molecule has 1 atom stereocenters. The standard InChI is InChI=1S/C21H25NO3/c1-15(21(23)22-19-9-5-6-16(12-19)14-24-2)25-20-11-10-17-7-3-4-8-18(17)13-20/h5-6,9-13,15H,3-4,7-8,14H2,1-2H3,(H,22,23). The summed E-state index contributed by atoms with van der Waals surface area (Å²) in [5.74, 6) is 0.601. The molecule has 25 heavy (non-hydrogen) atoms. The largest absolute Gasteiger partial charge is 0.481 e. The first kappa shape index (κ1) is 17.5. The SMILES string of the molecule is COCc1cccc(NC(=O)C(C)Oc2ccc3c(c2)CCCC3)c1. The molecule has 0 spiro atoms. The van der Waals surface area contributed by atoms with Crippen LogP contribution in [0.1, 0.15) is 36.5 Å². The van der Waals surface area contributed by atoms with Crippen LogP contribution in [-0.2, 0) is 29.0 Å². The molecule has 1 N–H and O–H groups in total. The lowest BCUT2D eigenvalue weighted by atomic mass is 9.92. The van der Waals surface area contributed by atoms with Crippen LogP contribution in [0.4, 0.5) is 5.69 Å².